The maximum absolute atomic E-state index is 12.8. The van der Waals surface area contributed by atoms with Crippen molar-refractivity contribution >= 4 is 5.91 Å². The zero-order chi connectivity index (χ0) is 17.8. The summed E-state index contributed by atoms with van der Waals surface area (Å²) in [5, 5.41) is 14.1. The van der Waals surface area contributed by atoms with E-state index in [2.05, 4.69) is 5.32 Å². The Morgan fingerprint density at radius 1 is 1.24 bits per heavy atom. The Kier molecular flexibility index (Phi) is 3.87. The number of amides is 1. The minimum atomic E-state index is -0.561. The molecule has 0 radical (unpaired) electrons. The van der Waals surface area contributed by atoms with Crippen molar-refractivity contribution in [3.05, 3.63) is 29.3 Å². The Hall–Kier alpha value is -1.55. The highest BCUT2D eigenvalue weighted by molar-refractivity contribution is 5.81. The van der Waals surface area contributed by atoms with Crippen molar-refractivity contribution < 1.29 is 14.6 Å². The Balaban J connectivity index is 1.46. The number of carbonyl (C=O) groups is 1. The van der Waals surface area contributed by atoms with Gasteiger partial charge >= 0.3 is 0 Å². The van der Waals surface area contributed by atoms with Crippen molar-refractivity contribution in [2.24, 2.45) is 11.8 Å². The number of aliphatic hydroxyl groups is 1. The maximum atomic E-state index is 12.8. The van der Waals surface area contributed by atoms with E-state index in [0.29, 0.717) is 18.3 Å². The van der Waals surface area contributed by atoms with Crippen LogP contribution in [0.3, 0.4) is 0 Å². The molecule has 0 heterocycles. The highest BCUT2D eigenvalue weighted by Gasteiger charge is 2.57. The molecule has 4 heteroatoms. The zero-order valence-corrected chi connectivity index (χ0v) is 15.5. The van der Waals surface area contributed by atoms with Gasteiger partial charge in [0, 0.05) is 5.54 Å². The molecule has 1 aromatic rings. The molecule has 4 aliphatic carbocycles. The molecule has 136 valence electrons. The zero-order valence-electron chi connectivity index (χ0n) is 15.5. The van der Waals surface area contributed by atoms with Crippen LogP contribution in [-0.4, -0.2) is 28.3 Å². The summed E-state index contributed by atoms with van der Waals surface area (Å²) in [4.78, 5) is 12.8. The van der Waals surface area contributed by atoms with Crippen LogP contribution in [0, 0.1) is 25.7 Å². The molecule has 0 aliphatic heterocycles. The fourth-order valence-electron chi connectivity index (χ4n) is 5.80. The van der Waals surface area contributed by atoms with Crippen LogP contribution in [0.1, 0.15) is 56.6 Å². The van der Waals surface area contributed by atoms with Crippen LogP contribution in [-0.2, 0) is 4.79 Å². The van der Waals surface area contributed by atoms with Crippen LogP contribution < -0.4 is 10.1 Å². The number of ether oxygens (including phenoxy) is 1. The summed E-state index contributed by atoms with van der Waals surface area (Å²) in [7, 11) is 0. The fourth-order valence-corrected chi connectivity index (χ4v) is 5.80. The van der Waals surface area contributed by atoms with Gasteiger partial charge in [-0.25, -0.2) is 0 Å². The Morgan fingerprint density at radius 2 is 1.92 bits per heavy atom. The number of nitrogens with one attached hydrogen (secondary N) is 1. The van der Waals surface area contributed by atoms with Gasteiger partial charge in [0.25, 0.3) is 5.91 Å². The van der Waals surface area contributed by atoms with Gasteiger partial charge in [-0.15, -0.1) is 0 Å². The number of carbonyl (C=O) groups excluding carboxylic acids is 1. The van der Waals surface area contributed by atoms with Crippen LogP contribution in [0.15, 0.2) is 18.2 Å². The smallest absolute Gasteiger partial charge is 0.261 e. The molecule has 4 fully saturated rings. The fraction of sp³-hybridized carbons (Fsp3) is 0.667. The molecule has 4 nitrogen and oxygen atoms in total. The van der Waals surface area contributed by atoms with Gasteiger partial charge in [0.05, 0.1) is 5.60 Å². The molecule has 1 aromatic carbocycles. The van der Waals surface area contributed by atoms with E-state index in [-0.39, 0.29) is 11.4 Å². The quantitative estimate of drug-likeness (QED) is 0.882. The molecule has 4 saturated carbocycles. The SMILES string of the molecule is Cc1ccc(C)c(O[C@H](C)C(=O)NC23C[C@@H]4C[C@@H](CC(O)(C4)C2)C3)c1. The van der Waals surface area contributed by atoms with Crippen LogP contribution in [0.4, 0.5) is 0 Å². The first-order valence-corrected chi connectivity index (χ1v) is 9.54. The standard InChI is InChI=1S/C21H29NO3/c1-13-4-5-14(2)18(6-13)25-15(3)19(23)22-20-8-16-7-17(9-20)11-21(24,10-16)12-20/h4-6,15-17,24H,7-12H2,1-3H3,(H,22,23)/t15-,16-,17+,20?,21?/m1/s1. The first-order chi connectivity index (χ1) is 11.8. The lowest BCUT2D eigenvalue weighted by atomic mass is 9.51. The van der Waals surface area contributed by atoms with E-state index in [9.17, 15) is 9.90 Å². The van der Waals surface area contributed by atoms with E-state index in [1.165, 1.54) is 6.42 Å². The second-order valence-electron chi connectivity index (χ2n) is 8.98. The lowest BCUT2D eigenvalue weighted by Crippen LogP contribution is -2.66. The number of rotatable bonds is 4. The predicted octanol–water partition coefficient (Wildman–Crippen LogP) is 3.27. The highest BCUT2D eigenvalue weighted by atomic mass is 16.5. The van der Waals surface area contributed by atoms with Gasteiger partial charge in [0.1, 0.15) is 5.75 Å². The van der Waals surface area contributed by atoms with E-state index in [1.54, 1.807) is 0 Å². The van der Waals surface area contributed by atoms with Crippen molar-refractivity contribution in [2.45, 2.75) is 76.5 Å². The van der Waals surface area contributed by atoms with Gasteiger partial charge in [-0.3, -0.25) is 4.79 Å². The molecule has 1 amide bonds. The van der Waals surface area contributed by atoms with Crippen LogP contribution in [0.25, 0.3) is 0 Å². The van der Waals surface area contributed by atoms with Gasteiger partial charge in [0.2, 0.25) is 0 Å². The normalized spacial score (nSPS) is 37.0. The minimum Gasteiger partial charge on any atom is -0.481 e. The van der Waals surface area contributed by atoms with Crippen LogP contribution in [0.5, 0.6) is 5.75 Å². The third-order valence-electron chi connectivity index (χ3n) is 6.44. The van der Waals surface area contributed by atoms with Gasteiger partial charge in [-0.2, -0.15) is 0 Å². The Labute approximate surface area is 150 Å². The number of hydrogen-bond acceptors (Lipinski definition) is 3. The molecular weight excluding hydrogens is 314 g/mol. The molecular formula is C21H29NO3. The lowest BCUT2D eigenvalue weighted by Gasteiger charge is -2.60. The third-order valence-corrected chi connectivity index (χ3v) is 6.44. The summed E-state index contributed by atoms with van der Waals surface area (Å²) in [5.41, 5.74) is 1.37. The topological polar surface area (TPSA) is 58.6 Å². The molecule has 2 unspecified atom stereocenters. The highest BCUT2D eigenvalue weighted by Crippen LogP contribution is 2.57. The van der Waals surface area contributed by atoms with E-state index in [0.717, 1.165) is 42.6 Å². The van der Waals surface area contributed by atoms with E-state index >= 15 is 0 Å². The Morgan fingerprint density at radius 3 is 2.56 bits per heavy atom. The second kappa shape index (κ2) is 5.73. The van der Waals surface area contributed by atoms with E-state index in [4.69, 9.17) is 4.74 Å². The van der Waals surface area contributed by atoms with Crippen LogP contribution >= 0.6 is 0 Å². The molecule has 25 heavy (non-hydrogen) atoms. The van der Waals surface area contributed by atoms with Gasteiger partial charge < -0.3 is 15.2 Å². The number of aryl methyl sites for hydroxylation is 2. The average molecular weight is 343 g/mol. The summed E-state index contributed by atoms with van der Waals surface area (Å²) in [6.45, 7) is 5.83. The van der Waals surface area contributed by atoms with Crippen molar-refractivity contribution in [3.8, 4) is 5.75 Å². The molecule has 2 N–H and O–H groups in total. The molecule has 0 aromatic heterocycles. The molecule has 4 aliphatic rings. The maximum Gasteiger partial charge on any atom is 0.261 e. The summed E-state index contributed by atoms with van der Waals surface area (Å²) in [5.74, 6) is 1.82. The minimum absolute atomic E-state index is 0.0635. The van der Waals surface area contributed by atoms with Crippen molar-refractivity contribution in [1.29, 1.82) is 0 Å². The van der Waals surface area contributed by atoms with E-state index < -0.39 is 11.7 Å². The number of benzene rings is 1. The van der Waals surface area contributed by atoms with Crippen molar-refractivity contribution in [3.63, 3.8) is 0 Å². The Bertz CT molecular complexity index is 684. The lowest BCUT2D eigenvalue weighted by molar-refractivity contribution is -0.153. The predicted molar refractivity (Wildman–Crippen MR) is 96.5 cm³/mol. The summed E-state index contributed by atoms with van der Waals surface area (Å²) >= 11 is 0. The van der Waals surface area contributed by atoms with Crippen LogP contribution in [0.2, 0.25) is 0 Å². The molecule has 4 bridgehead atoms. The van der Waals surface area contributed by atoms with Gasteiger partial charge in [-0.05, 0) is 88.3 Å². The monoisotopic (exact) mass is 343 g/mol. The third kappa shape index (κ3) is 3.17. The summed E-state index contributed by atoms with van der Waals surface area (Å²) in [6.07, 6.45) is 5.22. The first kappa shape index (κ1) is 16.9. The van der Waals surface area contributed by atoms with Crippen molar-refractivity contribution in [1.82, 2.24) is 5.32 Å². The number of hydrogen-bond donors (Lipinski definition) is 2. The van der Waals surface area contributed by atoms with Gasteiger partial charge in [0.15, 0.2) is 6.10 Å². The van der Waals surface area contributed by atoms with E-state index in [1.807, 2.05) is 39.0 Å². The largest absolute Gasteiger partial charge is 0.481 e. The molecule has 5 atom stereocenters. The average Bonchev–Trinajstić information content (AvgIpc) is 2.47. The summed E-state index contributed by atoms with van der Waals surface area (Å²) < 4.78 is 5.95. The first-order valence-electron chi connectivity index (χ1n) is 9.54. The molecule has 5 rings (SSSR count). The van der Waals surface area contributed by atoms with Gasteiger partial charge in [-0.1, -0.05) is 12.1 Å². The summed E-state index contributed by atoms with van der Waals surface area (Å²) in [6, 6.07) is 6.04. The second-order valence-corrected chi connectivity index (χ2v) is 8.98. The molecule has 0 saturated heterocycles. The molecule has 0 spiro atoms. The van der Waals surface area contributed by atoms with Crippen molar-refractivity contribution in [2.75, 3.05) is 0 Å².